The summed E-state index contributed by atoms with van der Waals surface area (Å²) in [4.78, 5) is 33.5. The van der Waals surface area contributed by atoms with Gasteiger partial charge in [-0.25, -0.2) is 4.39 Å². The molecule has 0 spiro atoms. The van der Waals surface area contributed by atoms with E-state index in [1.165, 1.54) is 42.5 Å². The van der Waals surface area contributed by atoms with Crippen molar-refractivity contribution in [3.8, 4) is 0 Å². The standard InChI is InChI=1S/C16H11ClFN3O4/c17-12-7-5-10(9-14(12)21(24)25)6-8-15(22)19-20-16(23)11-3-1-2-4-13(11)18/h1-9H,(H,19,22)(H,20,23)/b8-6+. The van der Waals surface area contributed by atoms with Crippen LogP contribution in [0.2, 0.25) is 5.02 Å². The fourth-order valence-corrected chi connectivity index (χ4v) is 2.00. The molecule has 0 bridgehead atoms. The lowest BCUT2D eigenvalue weighted by Gasteiger charge is -2.05. The molecule has 0 fully saturated rings. The third-order valence-electron chi connectivity index (χ3n) is 3.01. The van der Waals surface area contributed by atoms with E-state index in [0.717, 1.165) is 12.1 Å². The monoisotopic (exact) mass is 363 g/mol. The molecule has 0 aromatic heterocycles. The van der Waals surface area contributed by atoms with Crippen LogP contribution in [0.15, 0.2) is 48.5 Å². The van der Waals surface area contributed by atoms with Gasteiger partial charge in [-0.15, -0.1) is 0 Å². The van der Waals surface area contributed by atoms with Crippen LogP contribution in [-0.2, 0) is 4.79 Å². The SMILES string of the molecule is O=C(/C=C/c1ccc(Cl)c([N+](=O)[O-])c1)NNC(=O)c1ccccc1F. The Kier molecular flexibility index (Phi) is 5.80. The number of hydrogen-bond donors (Lipinski definition) is 2. The van der Waals surface area contributed by atoms with E-state index in [1.807, 2.05) is 0 Å². The molecule has 2 aromatic rings. The maximum absolute atomic E-state index is 13.4. The Labute approximate surface area is 146 Å². The Balaban J connectivity index is 1.97. The summed E-state index contributed by atoms with van der Waals surface area (Å²) in [6.07, 6.45) is 2.35. The number of rotatable bonds is 4. The van der Waals surface area contributed by atoms with Crippen LogP contribution in [0.3, 0.4) is 0 Å². The molecule has 2 aromatic carbocycles. The molecule has 0 radical (unpaired) electrons. The number of halogens is 2. The number of nitrogens with zero attached hydrogens (tertiary/aromatic N) is 1. The number of benzene rings is 2. The van der Waals surface area contributed by atoms with Gasteiger partial charge in [0.15, 0.2) is 0 Å². The average Bonchev–Trinajstić information content (AvgIpc) is 2.59. The third kappa shape index (κ3) is 4.85. The van der Waals surface area contributed by atoms with Gasteiger partial charge in [-0.05, 0) is 29.8 Å². The minimum atomic E-state index is -0.818. The summed E-state index contributed by atoms with van der Waals surface area (Å²) >= 11 is 5.69. The number of nitro benzene ring substituents is 1. The molecule has 0 heterocycles. The molecule has 2 amide bonds. The first-order chi connectivity index (χ1) is 11.9. The van der Waals surface area contributed by atoms with Crippen molar-refractivity contribution >= 4 is 35.2 Å². The molecule has 9 heteroatoms. The maximum Gasteiger partial charge on any atom is 0.288 e. The van der Waals surface area contributed by atoms with E-state index >= 15 is 0 Å². The van der Waals surface area contributed by atoms with Gasteiger partial charge in [0.25, 0.3) is 17.5 Å². The van der Waals surface area contributed by atoms with Gasteiger partial charge in [-0.3, -0.25) is 30.6 Å². The van der Waals surface area contributed by atoms with E-state index in [9.17, 15) is 24.1 Å². The van der Waals surface area contributed by atoms with Crippen molar-refractivity contribution in [2.24, 2.45) is 0 Å². The summed E-state index contributed by atoms with van der Waals surface area (Å²) in [5.41, 5.74) is 3.98. The molecule has 0 saturated heterocycles. The second kappa shape index (κ2) is 8.02. The quantitative estimate of drug-likeness (QED) is 0.495. The number of nitro groups is 1. The predicted octanol–water partition coefficient (Wildman–Crippen LogP) is 2.86. The van der Waals surface area contributed by atoms with E-state index in [4.69, 9.17) is 11.6 Å². The smallest absolute Gasteiger partial charge is 0.268 e. The zero-order chi connectivity index (χ0) is 18.4. The highest BCUT2D eigenvalue weighted by molar-refractivity contribution is 6.32. The summed E-state index contributed by atoms with van der Waals surface area (Å²) in [5, 5.41) is 10.8. The predicted molar refractivity (Wildman–Crippen MR) is 89.1 cm³/mol. The van der Waals surface area contributed by atoms with E-state index in [1.54, 1.807) is 0 Å². The van der Waals surface area contributed by atoms with Crippen molar-refractivity contribution in [1.29, 1.82) is 0 Å². The average molecular weight is 364 g/mol. The summed E-state index contributed by atoms with van der Waals surface area (Å²) in [6.45, 7) is 0. The largest absolute Gasteiger partial charge is 0.288 e. The van der Waals surface area contributed by atoms with Crippen LogP contribution in [0.4, 0.5) is 10.1 Å². The number of carbonyl (C=O) groups excluding carboxylic acids is 2. The molecule has 0 aliphatic carbocycles. The van der Waals surface area contributed by atoms with Crippen LogP contribution >= 0.6 is 11.6 Å². The zero-order valence-electron chi connectivity index (χ0n) is 12.5. The normalized spacial score (nSPS) is 10.5. The fraction of sp³-hybridized carbons (Fsp3) is 0. The molecule has 2 rings (SSSR count). The van der Waals surface area contributed by atoms with Gasteiger partial charge in [0.1, 0.15) is 10.8 Å². The van der Waals surface area contributed by atoms with Gasteiger partial charge < -0.3 is 0 Å². The molecule has 0 unspecified atom stereocenters. The number of carbonyl (C=O) groups is 2. The lowest BCUT2D eigenvalue weighted by Crippen LogP contribution is -2.41. The van der Waals surface area contributed by atoms with Crippen molar-refractivity contribution < 1.29 is 18.9 Å². The number of hydrazine groups is 1. The summed E-state index contributed by atoms with van der Waals surface area (Å²) in [7, 11) is 0. The molecule has 0 saturated carbocycles. The van der Waals surface area contributed by atoms with Crippen LogP contribution in [0, 0.1) is 15.9 Å². The molecule has 0 aliphatic heterocycles. The van der Waals surface area contributed by atoms with Crippen LogP contribution in [-0.4, -0.2) is 16.7 Å². The minimum Gasteiger partial charge on any atom is -0.268 e. The number of hydrogen-bond acceptors (Lipinski definition) is 4. The number of nitrogens with one attached hydrogen (secondary N) is 2. The van der Waals surface area contributed by atoms with Crippen molar-refractivity contribution in [2.75, 3.05) is 0 Å². The van der Waals surface area contributed by atoms with Crippen LogP contribution in [0.1, 0.15) is 15.9 Å². The molecule has 0 aliphatic rings. The highest BCUT2D eigenvalue weighted by atomic mass is 35.5. The van der Waals surface area contributed by atoms with Gasteiger partial charge in [-0.1, -0.05) is 29.8 Å². The van der Waals surface area contributed by atoms with E-state index < -0.39 is 22.6 Å². The first kappa shape index (κ1) is 18.1. The minimum absolute atomic E-state index is 0.0243. The van der Waals surface area contributed by atoms with E-state index in [2.05, 4.69) is 10.9 Å². The second-order valence-electron chi connectivity index (χ2n) is 4.72. The molecular weight excluding hydrogens is 353 g/mol. The highest BCUT2D eigenvalue weighted by Gasteiger charge is 2.12. The van der Waals surface area contributed by atoms with Crippen molar-refractivity contribution in [2.45, 2.75) is 0 Å². The van der Waals surface area contributed by atoms with Crippen LogP contribution in [0.5, 0.6) is 0 Å². The molecule has 7 nitrogen and oxygen atoms in total. The van der Waals surface area contributed by atoms with Crippen molar-refractivity contribution in [3.05, 3.63) is 80.6 Å². The van der Waals surface area contributed by atoms with Gasteiger partial charge in [0.2, 0.25) is 0 Å². The fourth-order valence-electron chi connectivity index (χ4n) is 1.82. The molecular formula is C16H11ClFN3O4. The molecule has 128 valence electrons. The van der Waals surface area contributed by atoms with Gasteiger partial charge in [0.05, 0.1) is 10.5 Å². The van der Waals surface area contributed by atoms with Crippen molar-refractivity contribution in [1.82, 2.24) is 10.9 Å². The Morgan fingerprint density at radius 2 is 1.88 bits per heavy atom. The Morgan fingerprint density at radius 1 is 1.16 bits per heavy atom. The Hall–Kier alpha value is -3.26. The first-order valence-electron chi connectivity index (χ1n) is 6.85. The van der Waals surface area contributed by atoms with Gasteiger partial charge in [-0.2, -0.15) is 0 Å². The summed E-state index contributed by atoms with van der Waals surface area (Å²) in [6, 6.07) is 9.30. The van der Waals surface area contributed by atoms with Gasteiger partial charge >= 0.3 is 0 Å². The Bertz CT molecular complexity index is 870. The number of amides is 2. The molecule has 2 N–H and O–H groups in total. The van der Waals surface area contributed by atoms with Crippen molar-refractivity contribution in [3.63, 3.8) is 0 Å². The summed E-state index contributed by atoms with van der Waals surface area (Å²) < 4.78 is 13.4. The lowest BCUT2D eigenvalue weighted by atomic mass is 10.2. The van der Waals surface area contributed by atoms with E-state index in [0.29, 0.717) is 5.56 Å². The lowest BCUT2D eigenvalue weighted by molar-refractivity contribution is -0.384. The maximum atomic E-state index is 13.4. The van der Waals surface area contributed by atoms with Crippen LogP contribution < -0.4 is 10.9 Å². The molecule has 25 heavy (non-hydrogen) atoms. The third-order valence-corrected chi connectivity index (χ3v) is 3.33. The van der Waals surface area contributed by atoms with E-state index in [-0.39, 0.29) is 16.3 Å². The summed E-state index contributed by atoms with van der Waals surface area (Å²) in [5.74, 6) is -2.25. The Morgan fingerprint density at radius 3 is 2.56 bits per heavy atom. The second-order valence-corrected chi connectivity index (χ2v) is 5.13. The topological polar surface area (TPSA) is 101 Å². The van der Waals surface area contributed by atoms with Gasteiger partial charge in [0, 0.05) is 12.1 Å². The first-order valence-corrected chi connectivity index (χ1v) is 7.23. The van der Waals surface area contributed by atoms with Crippen LogP contribution in [0.25, 0.3) is 6.08 Å². The highest BCUT2D eigenvalue weighted by Crippen LogP contribution is 2.25. The zero-order valence-corrected chi connectivity index (χ0v) is 13.3. The molecule has 0 atom stereocenters.